The van der Waals surface area contributed by atoms with Gasteiger partial charge in [-0.25, -0.2) is 19.8 Å². The zero-order valence-corrected chi connectivity index (χ0v) is 21.4. The van der Waals surface area contributed by atoms with Gasteiger partial charge < -0.3 is 25.7 Å². The second-order valence-electron chi connectivity index (χ2n) is 8.97. The molecule has 2 aromatic heterocycles. The molecule has 0 radical (unpaired) electrons. The Morgan fingerprint density at radius 1 is 1.08 bits per heavy atom. The molecule has 1 saturated heterocycles. The summed E-state index contributed by atoms with van der Waals surface area (Å²) in [6.07, 6.45) is 3.34. The van der Waals surface area contributed by atoms with Gasteiger partial charge in [0, 0.05) is 43.5 Å². The fourth-order valence-corrected chi connectivity index (χ4v) is 4.35. The highest BCUT2D eigenvalue weighted by atomic mass is 19.1. The quantitative estimate of drug-likeness (QED) is 0.168. The van der Waals surface area contributed by atoms with E-state index in [0.29, 0.717) is 42.0 Å². The van der Waals surface area contributed by atoms with E-state index in [1.165, 1.54) is 0 Å². The van der Waals surface area contributed by atoms with Crippen LogP contribution in [0.3, 0.4) is 0 Å². The van der Waals surface area contributed by atoms with Crippen LogP contribution < -0.4 is 21.0 Å². The third-order valence-electron chi connectivity index (χ3n) is 6.25. The second kappa shape index (κ2) is 11.7. The summed E-state index contributed by atoms with van der Waals surface area (Å²) in [5, 5.41) is 31.3. The SMILES string of the molecule is CCc1nc(/C=N/Nc2ncc(F)c(N3CCNCC3)n2)ccc1Nc1cc(O)cc(-c2ccccc2O)c1. The van der Waals surface area contributed by atoms with Crippen LogP contribution in [0.5, 0.6) is 11.5 Å². The number of halogens is 1. The third-order valence-corrected chi connectivity index (χ3v) is 6.25. The van der Waals surface area contributed by atoms with E-state index in [2.05, 4.69) is 36.1 Å². The lowest BCUT2D eigenvalue weighted by atomic mass is 10.0. The second-order valence-corrected chi connectivity index (χ2v) is 8.97. The standard InChI is InChI=1S/C28H29FN8O2/c1-2-24-25(34-20-13-18(14-21(38)15-20)22-5-3-4-6-26(22)39)8-7-19(33-24)16-32-36-28-31-17-23(29)27(35-28)37-11-9-30-10-12-37/h3-8,13-17,30,34,38-39H,2,9-12H2,1H3,(H,31,35,36)/b32-16+. The number of nitrogens with one attached hydrogen (secondary N) is 3. The zero-order valence-electron chi connectivity index (χ0n) is 21.4. The van der Waals surface area contributed by atoms with Crippen molar-refractivity contribution in [3.8, 4) is 22.6 Å². The Balaban J connectivity index is 1.30. The van der Waals surface area contributed by atoms with Crippen LogP contribution in [0.4, 0.5) is 27.5 Å². The number of pyridine rings is 1. The highest BCUT2D eigenvalue weighted by Gasteiger charge is 2.17. The minimum absolute atomic E-state index is 0.0715. The van der Waals surface area contributed by atoms with E-state index in [-0.39, 0.29) is 23.3 Å². The topological polar surface area (TPSA) is 131 Å². The van der Waals surface area contributed by atoms with Gasteiger partial charge in [0.15, 0.2) is 11.6 Å². The number of phenolic OH excluding ortho intramolecular Hbond substituents is 2. The number of piperazine rings is 1. The van der Waals surface area contributed by atoms with Crippen molar-refractivity contribution in [1.29, 1.82) is 0 Å². The van der Waals surface area contributed by atoms with Crippen LogP contribution in [0.15, 0.2) is 65.9 Å². The molecule has 0 atom stereocenters. The molecule has 0 saturated carbocycles. The van der Waals surface area contributed by atoms with Gasteiger partial charge in [-0.2, -0.15) is 10.1 Å². The molecule has 5 N–H and O–H groups in total. The van der Waals surface area contributed by atoms with Gasteiger partial charge in [0.25, 0.3) is 0 Å². The zero-order chi connectivity index (χ0) is 27.2. The molecule has 5 rings (SSSR count). The molecule has 0 amide bonds. The van der Waals surface area contributed by atoms with Gasteiger partial charge in [-0.15, -0.1) is 0 Å². The van der Waals surface area contributed by atoms with Crippen molar-refractivity contribution in [2.75, 3.05) is 41.8 Å². The van der Waals surface area contributed by atoms with Crippen LogP contribution in [-0.4, -0.2) is 57.6 Å². The smallest absolute Gasteiger partial charge is 0.245 e. The van der Waals surface area contributed by atoms with Gasteiger partial charge >= 0.3 is 0 Å². The van der Waals surface area contributed by atoms with Crippen molar-refractivity contribution in [2.45, 2.75) is 13.3 Å². The third kappa shape index (κ3) is 6.21. The van der Waals surface area contributed by atoms with Gasteiger partial charge in [-0.3, -0.25) is 0 Å². The molecule has 11 heteroatoms. The summed E-state index contributed by atoms with van der Waals surface area (Å²) in [7, 11) is 0. The average molecular weight is 529 g/mol. The maximum absolute atomic E-state index is 14.3. The van der Waals surface area contributed by atoms with E-state index in [0.717, 1.165) is 30.7 Å². The highest BCUT2D eigenvalue weighted by molar-refractivity contribution is 5.80. The van der Waals surface area contributed by atoms with Gasteiger partial charge in [0.1, 0.15) is 11.5 Å². The Bertz CT molecular complexity index is 1490. The molecule has 39 heavy (non-hydrogen) atoms. The predicted molar refractivity (Wildman–Crippen MR) is 150 cm³/mol. The van der Waals surface area contributed by atoms with E-state index < -0.39 is 5.82 Å². The first-order valence-corrected chi connectivity index (χ1v) is 12.7. The number of aryl methyl sites for hydroxylation is 1. The van der Waals surface area contributed by atoms with Crippen molar-refractivity contribution in [3.63, 3.8) is 0 Å². The number of hydrogen-bond acceptors (Lipinski definition) is 10. The van der Waals surface area contributed by atoms with E-state index in [1.54, 1.807) is 42.6 Å². The molecule has 0 aliphatic carbocycles. The lowest BCUT2D eigenvalue weighted by molar-refractivity contribution is 0.474. The summed E-state index contributed by atoms with van der Waals surface area (Å²) in [6.45, 7) is 4.86. The van der Waals surface area contributed by atoms with Gasteiger partial charge in [0.05, 0.1) is 29.5 Å². The Morgan fingerprint density at radius 2 is 1.90 bits per heavy atom. The molecule has 0 spiro atoms. The lowest BCUT2D eigenvalue weighted by Gasteiger charge is -2.28. The van der Waals surface area contributed by atoms with E-state index in [1.807, 2.05) is 30.0 Å². The molecule has 200 valence electrons. The number of anilines is 4. The first-order chi connectivity index (χ1) is 19.0. The molecule has 3 heterocycles. The van der Waals surface area contributed by atoms with Crippen LogP contribution in [0, 0.1) is 5.82 Å². The minimum Gasteiger partial charge on any atom is -0.508 e. The number of aromatic nitrogens is 3. The molecular weight excluding hydrogens is 499 g/mol. The molecule has 1 aliphatic rings. The van der Waals surface area contributed by atoms with E-state index >= 15 is 0 Å². The monoisotopic (exact) mass is 528 g/mol. The largest absolute Gasteiger partial charge is 0.508 e. The van der Waals surface area contributed by atoms with E-state index in [4.69, 9.17) is 0 Å². The predicted octanol–water partition coefficient (Wildman–Crippen LogP) is 4.25. The van der Waals surface area contributed by atoms with Crippen LogP contribution in [-0.2, 0) is 6.42 Å². The summed E-state index contributed by atoms with van der Waals surface area (Å²) in [5.74, 6) is 0.182. The van der Waals surface area contributed by atoms with E-state index in [9.17, 15) is 14.6 Å². The van der Waals surface area contributed by atoms with Crippen LogP contribution in [0.2, 0.25) is 0 Å². The average Bonchev–Trinajstić information content (AvgIpc) is 2.95. The number of para-hydroxylation sites is 1. The molecular formula is C28H29FN8O2. The number of phenols is 2. The Morgan fingerprint density at radius 3 is 2.69 bits per heavy atom. The normalized spacial score (nSPS) is 13.5. The Kier molecular flexibility index (Phi) is 7.78. The number of rotatable bonds is 8. The summed E-state index contributed by atoms with van der Waals surface area (Å²) in [5.41, 5.74) is 6.90. The number of aromatic hydroxyl groups is 2. The lowest BCUT2D eigenvalue weighted by Crippen LogP contribution is -2.44. The molecule has 4 aromatic rings. The fourth-order valence-electron chi connectivity index (χ4n) is 4.35. The van der Waals surface area contributed by atoms with Crippen molar-refractivity contribution in [1.82, 2.24) is 20.3 Å². The molecule has 1 aliphatic heterocycles. The van der Waals surface area contributed by atoms with Crippen molar-refractivity contribution < 1.29 is 14.6 Å². The van der Waals surface area contributed by atoms with Crippen molar-refractivity contribution >= 4 is 29.4 Å². The van der Waals surface area contributed by atoms with Crippen molar-refractivity contribution in [3.05, 3.63) is 78.0 Å². The minimum atomic E-state index is -0.469. The summed E-state index contributed by atoms with van der Waals surface area (Å²) >= 11 is 0. The maximum atomic E-state index is 14.3. The molecule has 10 nitrogen and oxygen atoms in total. The number of benzene rings is 2. The maximum Gasteiger partial charge on any atom is 0.245 e. The summed E-state index contributed by atoms with van der Waals surface area (Å²) in [6, 6.07) is 15.7. The van der Waals surface area contributed by atoms with Crippen LogP contribution in [0.25, 0.3) is 11.1 Å². The summed E-state index contributed by atoms with van der Waals surface area (Å²) < 4.78 is 14.3. The number of hydrogen-bond donors (Lipinski definition) is 5. The summed E-state index contributed by atoms with van der Waals surface area (Å²) in [4.78, 5) is 14.8. The molecule has 2 aromatic carbocycles. The molecule has 1 fully saturated rings. The first kappa shape index (κ1) is 25.9. The highest BCUT2D eigenvalue weighted by Crippen LogP contribution is 2.34. The molecule has 0 bridgehead atoms. The van der Waals surface area contributed by atoms with Gasteiger partial charge in [-0.05, 0) is 42.3 Å². The van der Waals surface area contributed by atoms with Crippen molar-refractivity contribution in [2.24, 2.45) is 5.10 Å². The van der Waals surface area contributed by atoms with Gasteiger partial charge in [0.2, 0.25) is 5.95 Å². The van der Waals surface area contributed by atoms with Crippen LogP contribution in [0.1, 0.15) is 18.3 Å². The van der Waals surface area contributed by atoms with Crippen LogP contribution >= 0.6 is 0 Å². The van der Waals surface area contributed by atoms with Gasteiger partial charge in [-0.1, -0.05) is 25.1 Å². The molecule has 0 unspecified atom stereocenters. The fraction of sp³-hybridized carbons (Fsp3) is 0.214. The number of hydrazone groups is 1. The Labute approximate surface area is 225 Å². The number of nitrogens with zero attached hydrogens (tertiary/aromatic N) is 5. The first-order valence-electron chi connectivity index (χ1n) is 12.7. The Hall–Kier alpha value is -4.77.